The van der Waals surface area contributed by atoms with E-state index in [1.165, 1.54) is 0 Å². The van der Waals surface area contributed by atoms with Crippen molar-refractivity contribution >= 4 is 67.9 Å². The number of hydrogen-bond donors (Lipinski definition) is 2. The highest BCUT2D eigenvalue weighted by Gasteiger charge is 2.22. The van der Waals surface area contributed by atoms with Crippen molar-refractivity contribution in [3.8, 4) is 11.5 Å². The first-order valence-corrected chi connectivity index (χ1v) is 5.59. The van der Waals surface area contributed by atoms with Crippen LogP contribution in [-0.2, 0) is 5.41 Å². The Bertz CT molecular complexity index is 463. The van der Waals surface area contributed by atoms with E-state index in [4.69, 9.17) is 0 Å². The second kappa shape index (κ2) is 10.6. The Labute approximate surface area is 167 Å². The van der Waals surface area contributed by atoms with Crippen molar-refractivity contribution in [2.24, 2.45) is 0 Å². The predicted octanol–water partition coefficient (Wildman–Crippen LogP) is 5.74. The first kappa shape index (κ1) is 25.9. The molecule has 0 aliphatic carbocycles. The third-order valence-electron chi connectivity index (χ3n) is 3.18. The van der Waals surface area contributed by atoms with Crippen LogP contribution in [0.3, 0.4) is 0 Å². The topological polar surface area (TPSA) is 40.5 Å². The van der Waals surface area contributed by atoms with Gasteiger partial charge in [-0.15, -0.1) is 67.9 Å². The fourth-order valence-electron chi connectivity index (χ4n) is 1.92. The molecule has 0 saturated heterocycles. The van der Waals surface area contributed by atoms with E-state index in [1.807, 2.05) is 24.3 Å². The van der Waals surface area contributed by atoms with E-state index in [0.29, 0.717) is 0 Å². The van der Waals surface area contributed by atoms with E-state index in [9.17, 15) is 10.2 Å². The van der Waals surface area contributed by atoms with Gasteiger partial charge in [0.1, 0.15) is 11.5 Å². The number of aromatic hydroxyl groups is 2. The van der Waals surface area contributed by atoms with Crippen LogP contribution in [0, 0.1) is 0 Å². The summed E-state index contributed by atoms with van der Waals surface area (Å²) in [5.74, 6) is 0.547. The highest BCUT2D eigenvalue weighted by Crippen LogP contribution is 2.32. The van der Waals surface area contributed by atoms with Crippen molar-refractivity contribution in [1.82, 2.24) is 0 Å². The lowest BCUT2D eigenvalue weighted by Crippen LogP contribution is -2.18. The molecule has 0 radical (unpaired) electrons. The molecule has 0 fully saturated rings. The molecular formula is C15H20Br4O2. The summed E-state index contributed by atoms with van der Waals surface area (Å²) in [5, 5.41) is 18.6. The number of hydrogen-bond acceptors (Lipinski definition) is 2. The molecule has 0 spiro atoms. The molecule has 0 atom stereocenters. The standard InChI is InChI=1S/C15H16O2.4BrH/c1-15(2,11-3-7-13(16)8-4-11)12-5-9-14(17)10-6-12;;;;/h3-10,16-17H,1-2H3;4*1H. The van der Waals surface area contributed by atoms with Gasteiger partial charge in [0, 0.05) is 5.41 Å². The second-order valence-electron chi connectivity index (χ2n) is 4.72. The van der Waals surface area contributed by atoms with E-state index >= 15 is 0 Å². The van der Waals surface area contributed by atoms with Gasteiger partial charge in [0.25, 0.3) is 0 Å². The van der Waals surface area contributed by atoms with Crippen LogP contribution in [0.1, 0.15) is 25.0 Å². The Kier molecular flexibility index (Phi) is 13.1. The summed E-state index contributed by atoms with van der Waals surface area (Å²) in [6.45, 7) is 4.23. The lowest BCUT2D eigenvalue weighted by atomic mass is 9.78. The van der Waals surface area contributed by atoms with Gasteiger partial charge in [-0.05, 0) is 35.4 Å². The number of phenols is 2. The highest BCUT2D eigenvalue weighted by molar-refractivity contribution is 8.93. The molecule has 0 heterocycles. The molecule has 2 aromatic rings. The Morgan fingerprint density at radius 2 is 0.810 bits per heavy atom. The third-order valence-corrected chi connectivity index (χ3v) is 3.18. The van der Waals surface area contributed by atoms with Crippen LogP contribution in [0.4, 0.5) is 0 Å². The minimum Gasteiger partial charge on any atom is -0.508 e. The number of rotatable bonds is 2. The van der Waals surface area contributed by atoms with Gasteiger partial charge < -0.3 is 10.2 Å². The lowest BCUT2D eigenvalue weighted by molar-refractivity contribution is 0.474. The van der Waals surface area contributed by atoms with Crippen molar-refractivity contribution in [2.45, 2.75) is 19.3 Å². The van der Waals surface area contributed by atoms with E-state index < -0.39 is 0 Å². The van der Waals surface area contributed by atoms with E-state index in [1.54, 1.807) is 24.3 Å². The summed E-state index contributed by atoms with van der Waals surface area (Å²) < 4.78 is 0. The zero-order valence-corrected chi connectivity index (χ0v) is 18.5. The van der Waals surface area contributed by atoms with E-state index in [-0.39, 0.29) is 84.8 Å². The first-order valence-electron chi connectivity index (χ1n) is 5.59. The van der Waals surface area contributed by atoms with Crippen molar-refractivity contribution in [3.63, 3.8) is 0 Å². The average molecular weight is 552 g/mol. The maximum Gasteiger partial charge on any atom is 0.115 e. The molecule has 21 heavy (non-hydrogen) atoms. The third kappa shape index (κ3) is 6.30. The molecule has 2 aromatic carbocycles. The Hall–Kier alpha value is -0.0400. The van der Waals surface area contributed by atoms with Crippen LogP contribution in [0.15, 0.2) is 48.5 Å². The van der Waals surface area contributed by atoms with Crippen molar-refractivity contribution in [2.75, 3.05) is 0 Å². The van der Waals surface area contributed by atoms with Gasteiger partial charge in [-0.2, -0.15) is 0 Å². The Morgan fingerprint density at radius 1 is 0.571 bits per heavy atom. The summed E-state index contributed by atoms with van der Waals surface area (Å²) in [6, 6.07) is 14.4. The molecule has 0 aliphatic heterocycles. The SMILES string of the molecule is Br.Br.Br.Br.CC(C)(c1ccc(O)cc1)c1ccc(O)cc1. The van der Waals surface area contributed by atoms with Gasteiger partial charge in [-0.3, -0.25) is 0 Å². The minimum absolute atomic E-state index is 0. The second-order valence-corrected chi connectivity index (χ2v) is 4.72. The summed E-state index contributed by atoms with van der Waals surface area (Å²) >= 11 is 0. The summed E-state index contributed by atoms with van der Waals surface area (Å²) in [4.78, 5) is 0. The van der Waals surface area contributed by atoms with Crippen molar-refractivity contribution in [1.29, 1.82) is 0 Å². The molecular weight excluding hydrogens is 532 g/mol. The lowest BCUT2D eigenvalue weighted by Gasteiger charge is -2.26. The van der Waals surface area contributed by atoms with Crippen LogP contribution in [-0.4, -0.2) is 10.2 Å². The fraction of sp³-hybridized carbons (Fsp3) is 0.200. The highest BCUT2D eigenvalue weighted by atomic mass is 79.9. The number of halogens is 4. The van der Waals surface area contributed by atoms with Crippen LogP contribution >= 0.6 is 67.9 Å². The van der Waals surface area contributed by atoms with Crippen LogP contribution in [0.25, 0.3) is 0 Å². The molecule has 0 bridgehead atoms. The molecule has 0 amide bonds. The van der Waals surface area contributed by atoms with Crippen LogP contribution in [0.5, 0.6) is 11.5 Å². The molecule has 0 unspecified atom stereocenters. The van der Waals surface area contributed by atoms with Gasteiger partial charge >= 0.3 is 0 Å². The predicted molar refractivity (Wildman–Crippen MR) is 110 cm³/mol. The molecule has 0 aliphatic rings. The average Bonchev–Trinajstić information content (AvgIpc) is 2.30. The molecule has 2 rings (SSSR count). The molecule has 0 saturated carbocycles. The Morgan fingerprint density at radius 3 is 1.05 bits per heavy atom. The summed E-state index contributed by atoms with van der Waals surface area (Å²) in [7, 11) is 0. The monoisotopic (exact) mass is 548 g/mol. The fourth-order valence-corrected chi connectivity index (χ4v) is 1.92. The zero-order valence-electron chi connectivity index (χ0n) is 11.6. The zero-order chi connectivity index (χ0) is 12.5. The van der Waals surface area contributed by atoms with E-state index in [0.717, 1.165) is 11.1 Å². The normalized spacial score (nSPS) is 9.24. The van der Waals surface area contributed by atoms with E-state index in [2.05, 4.69) is 13.8 Å². The quantitative estimate of drug-likeness (QED) is 0.500. The molecule has 6 heteroatoms. The first-order chi connectivity index (χ1) is 8.00. The number of benzene rings is 2. The van der Waals surface area contributed by atoms with Crippen molar-refractivity contribution < 1.29 is 10.2 Å². The molecule has 0 aromatic heterocycles. The van der Waals surface area contributed by atoms with Crippen molar-refractivity contribution in [3.05, 3.63) is 59.7 Å². The summed E-state index contributed by atoms with van der Waals surface area (Å²) in [5.41, 5.74) is 2.10. The largest absolute Gasteiger partial charge is 0.508 e. The Balaban J connectivity index is -0.000000810. The number of phenolic OH excluding ortho intramolecular Hbond substituents is 2. The van der Waals surface area contributed by atoms with Gasteiger partial charge in [-0.1, -0.05) is 38.1 Å². The molecule has 120 valence electrons. The van der Waals surface area contributed by atoms with Crippen LogP contribution in [0.2, 0.25) is 0 Å². The van der Waals surface area contributed by atoms with Gasteiger partial charge in [0.15, 0.2) is 0 Å². The smallest absolute Gasteiger partial charge is 0.115 e. The van der Waals surface area contributed by atoms with Crippen LogP contribution < -0.4 is 0 Å². The molecule has 2 N–H and O–H groups in total. The minimum atomic E-state index is -0.151. The maximum atomic E-state index is 9.30. The maximum absolute atomic E-state index is 9.30. The van der Waals surface area contributed by atoms with Gasteiger partial charge in [0.2, 0.25) is 0 Å². The molecule has 2 nitrogen and oxygen atoms in total. The van der Waals surface area contributed by atoms with Gasteiger partial charge in [-0.25, -0.2) is 0 Å². The van der Waals surface area contributed by atoms with Gasteiger partial charge in [0.05, 0.1) is 0 Å². The summed E-state index contributed by atoms with van der Waals surface area (Å²) in [6.07, 6.45) is 0.